The van der Waals surface area contributed by atoms with Gasteiger partial charge in [-0.2, -0.15) is 0 Å². The van der Waals surface area contributed by atoms with Gasteiger partial charge in [0, 0.05) is 11.5 Å². The number of likely N-dealkylation sites (tertiary alicyclic amines) is 1. The molecule has 4 nitrogen and oxygen atoms in total. The van der Waals surface area contributed by atoms with Crippen LogP contribution < -0.4 is 5.73 Å². The highest BCUT2D eigenvalue weighted by atomic mass is 15.2. The summed E-state index contributed by atoms with van der Waals surface area (Å²) >= 11 is 0. The van der Waals surface area contributed by atoms with Gasteiger partial charge < -0.3 is 15.5 Å². The van der Waals surface area contributed by atoms with Gasteiger partial charge >= 0.3 is 0 Å². The number of nitrogens with two attached hydrogens (primary N) is 1. The van der Waals surface area contributed by atoms with E-state index in [9.17, 15) is 0 Å². The standard InChI is InChI=1S/C14H30N4/c1-5-18-9-6-12(7-10-18)17(4)11-8-14(2,3)13(15)16/h12H,5-11H2,1-4H3,(H3,15,16). The van der Waals surface area contributed by atoms with E-state index in [1.807, 2.05) is 0 Å². The SMILES string of the molecule is CCN1CCC(N(C)CCC(C)(C)C(=N)N)CC1. The zero-order valence-corrected chi connectivity index (χ0v) is 12.5. The number of nitrogens with zero attached hydrogens (tertiary/aromatic N) is 2. The quantitative estimate of drug-likeness (QED) is 0.561. The first-order valence-corrected chi connectivity index (χ1v) is 7.14. The molecule has 0 amide bonds. The molecule has 1 rings (SSSR count). The van der Waals surface area contributed by atoms with Gasteiger partial charge in [-0.25, -0.2) is 0 Å². The van der Waals surface area contributed by atoms with Gasteiger partial charge in [-0.3, -0.25) is 5.41 Å². The Balaban J connectivity index is 2.33. The largest absolute Gasteiger partial charge is 0.387 e. The number of nitrogens with one attached hydrogen (secondary N) is 1. The number of piperidine rings is 1. The first kappa shape index (κ1) is 15.4. The average Bonchev–Trinajstić information content (AvgIpc) is 2.36. The average molecular weight is 254 g/mol. The van der Waals surface area contributed by atoms with Gasteiger partial charge in [0.05, 0.1) is 5.84 Å². The Bertz CT molecular complexity index is 267. The van der Waals surface area contributed by atoms with Crippen molar-refractivity contribution in [3.63, 3.8) is 0 Å². The van der Waals surface area contributed by atoms with Crippen molar-refractivity contribution in [3.8, 4) is 0 Å². The molecule has 1 fully saturated rings. The Morgan fingerprint density at radius 3 is 2.39 bits per heavy atom. The van der Waals surface area contributed by atoms with Crippen LogP contribution in [0.15, 0.2) is 0 Å². The van der Waals surface area contributed by atoms with Crippen LogP contribution in [0, 0.1) is 10.8 Å². The van der Waals surface area contributed by atoms with Crippen molar-refractivity contribution in [2.24, 2.45) is 11.1 Å². The number of amidine groups is 1. The summed E-state index contributed by atoms with van der Waals surface area (Å²) in [6.45, 7) is 11.0. The Morgan fingerprint density at radius 2 is 1.94 bits per heavy atom. The van der Waals surface area contributed by atoms with Crippen molar-refractivity contribution < 1.29 is 0 Å². The molecule has 4 heteroatoms. The van der Waals surface area contributed by atoms with Gasteiger partial charge in [0.2, 0.25) is 0 Å². The minimum Gasteiger partial charge on any atom is -0.387 e. The van der Waals surface area contributed by atoms with Gasteiger partial charge in [-0.05, 0) is 52.5 Å². The molecule has 0 aromatic rings. The van der Waals surface area contributed by atoms with Crippen LogP contribution >= 0.6 is 0 Å². The third kappa shape index (κ3) is 4.25. The fourth-order valence-electron chi connectivity index (χ4n) is 2.45. The molecular weight excluding hydrogens is 224 g/mol. The highest BCUT2D eigenvalue weighted by Gasteiger charge is 2.25. The first-order valence-electron chi connectivity index (χ1n) is 7.14. The number of hydrogen-bond donors (Lipinski definition) is 2. The van der Waals surface area contributed by atoms with Crippen LogP contribution in [0.25, 0.3) is 0 Å². The molecule has 1 aliphatic heterocycles. The molecule has 0 bridgehead atoms. The van der Waals surface area contributed by atoms with Crippen LogP contribution in [0.3, 0.4) is 0 Å². The molecule has 0 aliphatic carbocycles. The number of hydrogen-bond acceptors (Lipinski definition) is 3. The Kier molecular flexibility index (Phi) is 5.60. The molecule has 0 aromatic carbocycles. The van der Waals surface area contributed by atoms with Crippen LogP contribution in [-0.2, 0) is 0 Å². The van der Waals surface area contributed by atoms with Crippen LogP contribution in [0.5, 0.6) is 0 Å². The second-order valence-electron chi connectivity index (χ2n) is 6.19. The lowest BCUT2D eigenvalue weighted by atomic mass is 9.87. The van der Waals surface area contributed by atoms with E-state index in [0.717, 1.165) is 13.0 Å². The molecule has 18 heavy (non-hydrogen) atoms. The molecule has 0 radical (unpaired) electrons. The minimum absolute atomic E-state index is 0.168. The lowest BCUT2D eigenvalue weighted by Crippen LogP contribution is -2.44. The van der Waals surface area contributed by atoms with Crippen molar-refractivity contribution in [2.75, 3.05) is 33.2 Å². The van der Waals surface area contributed by atoms with Crippen molar-refractivity contribution in [3.05, 3.63) is 0 Å². The molecule has 1 heterocycles. The van der Waals surface area contributed by atoms with Gasteiger partial charge in [-0.1, -0.05) is 20.8 Å². The van der Waals surface area contributed by atoms with E-state index in [2.05, 4.69) is 37.6 Å². The van der Waals surface area contributed by atoms with E-state index in [1.54, 1.807) is 0 Å². The van der Waals surface area contributed by atoms with Gasteiger partial charge in [0.15, 0.2) is 0 Å². The third-order valence-electron chi connectivity index (χ3n) is 4.45. The summed E-state index contributed by atoms with van der Waals surface area (Å²) in [7, 11) is 2.21. The maximum atomic E-state index is 7.59. The fraction of sp³-hybridized carbons (Fsp3) is 0.929. The summed E-state index contributed by atoms with van der Waals surface area (Å²) in [6.07, 6.45) is 3.50. The van der Waals surface area contributed by atoms with Crippen molar-refractivity contribution in [1.29, 1.82) is 5.41 Å². The first-order chi connectivity index (χ1) is 8.36. The van der Waals surface area contributed by atoms with Crippen molar-refractivity contribution >= 4 is 5.84 Å². The van der Waals surface area contributed by atoms with E-state index < -0.39 is 0 Å². The second kappa shape index (κ2) is 6.53. The fourth-order valence-corrected chi connectivity index (χ4v) is 2.45. The van der Waals surface area contributed by atoms with Crippen LogP contribution in [0.4, 0.5) is 0 Å². The monoisotopic (exact) mass is 254 g/mol. The van der Waals surface area contributed by atoms with E-state index in [1.165, 1.54) is 32.5 Å². The zero-order valence-electron chi connectivity index (χ0n) is 12.5. The maximum absolute atomic E-state index is 7.59. The van der Waals surface area contributed by atoms with E-state index >= 15 is 0 Å². The predicted molar refractivity (Wildman–Crippen MR) is 78.1 cm³/mol. The van der Waals surface area contributed by atoms with E-state index in [4.69, 9.17) is 11.1 Å². The van der Waals surface area contributed by atoms with Crippen LogP contribution in [-0.4, -0.2) is 54.9 Å². The van der Waals surface area contributed by atoms with E-state index in [0.29, 0.717) is 11.9 Å². The molecule has 1 aliphatic rings. The summed E-state index contributed by atoms with van der Waals surface area (Å²) in [5.41, 5.74) is 5.46. The molecule has 1 saturated heterocycles. The number of rotatable bonds is 6. The summed E-state index contributed by atoms with van der Waals surface area (Å²) in [6, 6.07) is 0.704. The smallest absolute Gasteiger partial charge is 0.0963 e. The Hall–Kier alpha value is -0.610. The molecule has 0 atom stereocenters. The Labute approximate surface area is 112 Å². The minimum atomic E-state index is -0.168. The molecule has 3 N–H and O–H groups in total. The topological polar surface area (TPSA) is 56.4 Å². The highest BCUT2D eigenvalue weighted by Crippen LogP contribution is 2.22. The lowest BCUT2D eigenvalue weighted by Gasteiger charge is -2.37. The van der Waals surface area contributed by atoms with Crippen LogP contribution in [0.1, 0.15) is 40.0 Å². The summed E-state index contributed by atoms with van der Waals surface area (Å²) < 4.78 is 0. The van der Waals surface area contributed by atoms with Gasteiger partial charge in [0.1, 0.15) is 0 Å². The summed E-state index contributed by atoms with van der Waals surface area (Å²) in [5.74, 6) is 0.303. The normalized spacial score (nSPS) is 19.4. The molecule has 106 valence electrons. The van der Waals surface area contributed by atoms with Crippen LogP contribution in [0.2, 0.25) is 0 Å². The van der Waals surface area contributed by atoms with Crippen molar-refractivity contribution in [1.82, 2.24) is 9.80 Å². The molecule has 0 spiro atoms. The predicted octanol–water partition coefficient (Wildman–Crippen LogP) is 1.75. The molecular formula is C14H30N4. The zero-order chi connectivity index (χ0) is 13.8. The summed E-state index contributed by atoms with van der Waals surface area (Å²) in [4.78, 5) is 4.97. The van der Waals surface area contributed by atoms with Gasteiger partial charge in [-0.15, -0.1) is 0 Å². The summed E-state index contributed by atoms with van der Waals surface area (Å²) in [5, 5.41) is 7.59. The maximum Gasteiger partial charge on any atom is 0.0963 e. The Morgan fingerprint density at radius 1 is 1.39 bits per heavy atom. The second-order valence-corrected chi connectivity index (χ2v) is 6.19. The molecule has 0 unspecified atom stereocenters. The molecule has 0 aromatic heterocycles. The molecule has 0 saturated carbocycles. The lowest BCUT2D eigenvalue weighted by molar-refractivity contribution is 0.125. The highest BCUT2D eigenvalue weighted by molar-refractivity contribution is 5.82. The van der Waals surface area contributed by atoms with Crippen molar-refractivity contribution in [2.45, 2.75) is 46.1 Å². The van der Waals surface area contributed by atoms with E-state index in [-0.39, 0.29) is 5.41 Å². The van der Waals surface area contributed by atoms with Gasteiger partial charge in [0.25, 0.3) is 0 Å². The third-order valence-corrected chi connectivity index (χ3v) is 4.45.